The van der Waals surface area contributed by atoms with Crippen molar-refractivity contribution < 1.29 is 4.39 Å². The van der Waals surface area contributed by atoms with Crippen molar-refractivity contribution in [2.45, 2.75) is 13.0 Å². The van der Waals surface area contributed by atoms with E-state index in [0.717, 1.165) is 18.8 Å². The van der Waals surface area contributed by atoms with Crippen LogP contribution in [0.2, 0.25) is 0 Å². The summed E-state index contributed by atoms with van der Waals surface area (Å²) in [4.78, 5) is 29.7. The van der Waals surface area contributed by atoms with E-state index in [2.05, 4.69) is 26.7 Å². The molecule has 1 saturated heterocycles. The van der Waals surface area contributed by atoms with Crippen LogP contribution in [0.25, 0.3) is 11.4 Å². The Hall–Kier alpha value is -3.29. The molecule has 0 unspecified atom stereocenters. The summed E-state index contributed by atoms with van der Waals surface area (Å²) in [7, 11) is 1.73. The Kier molecular flexibility index (Phi) is 4.77. The molecule has 1 aliphatic rings. The number of halogens is 1. The SMILES string of the molecule is C[C@@H]1CN(c2ccc(F)cc2)CCN1c1nc(-c2ccncn2)cc(=O)n1C. The van der Waals surface area contributed by atoms with Crippen LogP contribution < -0.4 is 15.4 Å². The molecular formula is C20H21FN6O. The van der Waals surface area contributed by atoms with E-state index in [9.17, 15) is 9.18 Å². The van der Waals surface area contributed by atoms with Crippen LogP contribution in [0.3, 0.4) is 0 Å². The van der Waals surface area contributed by atoms with Crippen molar-refractivity contribution in [3.05, 3.63) is 65.1 Å². The Bertz CT molecular complexity index is 1020. The number of rotatable bonds is 3. The van der Waals surface area contributed by atoms with Gasteiger partial charge in [0.2, 0.25) is 5.95 Å². The monoisotopic (exact) mass is 380 g/mol. The topological polar surface area (TPSA) is 67.2 Å². The van der Waals surface area contributed by atoms with E-state index >= 15 is 0 Å². The maximum Gasteiger partial charge on any atom is 0.255 e. The molecule has 3 heterocycles. The molecule has 28 heavy (non-hydrogen) atoms. The molecule has 7 nitrogen and oxygen atoms in total. The van der Waals surface area contributed by atoms with Crippen LogP contribution in [-0.4, -0.2) is 45.2 Å². The minimum absolute atomic E-state index is 0.123. The van der Waals surface area contributed by atoms with Crippen molar-refractivity contribution in [2.24, 2.45) is 7.05 Å². The summed E-state index contributed by atoms with van der Waals surface area (Å²) in [5.41, 5.74) is 2.01. The molecule has 144 valence electrons. The normalized spacial score (nSPS) is 17.0. The molecule has 0 N–H and O–H groups in total. The molecule has 0 spiro atoms. The summed E-state index contributed by atoms with van der Waals surface area (Å²) in [5, 5.41) is 0. The fourth-order valence-corrected chi connectivity index (χ4v) is 3.50. The van der Waals surface area contributed by atoms with Gasteiger partial charge >= 0.3 is 0 Å². The van der Waals surface area contributed by atoms with Crippen molar-refractivity contribution in [2.75, 3.05) is 29.4 Å². The molecule has 4 rings (SSSR count). The third kappa shape index (κ3) is 3.45. The fourth-order valence-electron chi connectivity index (χ4n) is 3.50. The van der Waals surface area contributed by atoms with Gasteiger partial charge in [-0.25, -0.2) is 19.3 Å². The van der Waals surface area contributed by atoms with Crippen LogP contribution in [-0.2, 0) is 7.05 Å². The van der Waals surface area contributed by atoms with E-state index < -0.39 is 0 Å². The molecule has 1 aliphatic heterocycles. The Morgan fingerprint density at radius 2 is 1.89 bits per heavy atom. The first-order valence-corrected chi connectivity index (χ1v) is 9.14. The highest BCUT2D eigenvalue weighted by Gasteiger charge is 2.27. The highest BCUT2D eigenvalue weighted by molar-refractivity contribution is 5.56. The molecule has 0 bridgehead atoms. The van der Waals surface area contributed by atoms with E-state index in [1.807, 2.05) is 0 Å². The van der Waals surface area contributed by atoms with E-state index in [1.54, 1.807) is 36.0 Å². The maximum absolute atomic E-state index is 13.2. The lowest BCUT2D eigenvalue weighted by molar-refractivity contribution is 0.529. The summed E-state index contributed by atoms with van der Waals surface area (Å²) in [5.74, 6) is 0.378. The molecule has 0 aliphatic carbocycles. The van der Waals surface area contributed by atoms with Crippen LogP contribution in [0.4, 0.5) is 16.0 Å². The molecule has 8 heteroatoms. The van der Waals surface area contributed by atoms with Gasteiger partial charge in [0.05, 0.1) is 11.4 Å². The largest absolute Gasteiger partial charge is 0.368 e. The Balaban J connectivity index is 1.62. The molecule has 0 radical (unpaired) electrons. The number of hydrogen-bond acceptors (Lipinski definition) is 6. The fraction of sp³-hybridized carbons (Fsp3) is 0.300. The summed E-state index contributed by atoms with van der Waals surface area (Å²) in [6.07, 6.45) is 3.07. The Morgan fingerprint density at radius 3 is 2.57 bits per heavy atom. The molecule has 0 amide bonds. The first-order valence-electron chi connectivity index (χ1n) is 9.14. The van der Waals surface area contributed by atoms with Crippen LogP contribution in [0.5, 0.6) is 0 Å². The Labute approximate surface area is 162 Å². The second-order valence-electron chi connectivity index (χ2n) is 6.90. The smallest absolute Gasteiger partial charge is 0.255 e. The lowest BCUT2D eigenvalue weighted by atomic mass is 10.1. The zero-order valence-corrected chi connectivity index (χ0v) is 15.8. The van der Waals surface area contributed by atoms with Gasteiger partial charge in [0.15, 0.2) is 0 Å². The average molecular weight is 380 g/mol. The van der Waals surface area contributed by atoms with Crippen molar-refractivity contribution in [1.82, 2.24) is 19.5 Å². The van der Waals surface area contributed by atoms with Gasteiger partial charge in [0.25, 0.3) is 5.56 Å². The van der Waals surface area contributed by atoms with Gasteiger partial charge < -0.3 is 9.80 Å². The number of hydrogen-bond donors (Lipinski definition) is 0. The lowest BCUT2D eigenvalue weighted by Crippen LogP contribution is -2.53. The predicted octanol–water partition coefficient (Wildman–Crippen LogP) is 2.09. The second kappa shape index (κ2) is 7.38. The number of aromatic nitrogens is 4. The van der Waals surface area contributed by atoms with Crippen LogP contribution in [0, 0.1) is 5.82 Å². The van der Waals surface area contributed by atoms with Gasteiger partial charge in [-0.3, -0.25) is 9.36 Å². The van der Waals surface area contributed by atoms with Crippen LogP contribution in [0.1, 0.15) is 6.92 Å². The second-order valence-corrected chi connectivity index (χ2v) is 6.90. The lowest BCUT2D eigenvalue weighted by Gasteiger charge is -2.41. The predicted molar refractivity (Wildman–Crippen MR) is 106 cm³/mol. The molecule has 1 atom stereocenters. The van der Waals surface area contributed by atoms with Gasteiger partial charge in [0.1, 0.15) is 12.1 Å². The quantitative estimate of drug-likeness (QED) is 0.693. The summed E-state index contributed by atoms with van der Waals surface area (Å²) >= 11 is 0. The highest BCUT2D eigenvalue weighted by atomic mass is 19.1. The number of anilines is 2. The Morgan fingerprint density at radius 1 is 1.11 bits per heavy atom. The minimum atomic E-state index is -0.240. The molecule has 3 aromatic rings. The van der Waals surface area contributed by atoms with E-state index in [0.29, 0.717) is 23.9 Å². The van der Waals surface area contributed by atoms with Crippen molar-refractivity contribution >= 4 is 11.6 Å². The van der Waals surface area contributed by atoms with Gasteiger partial charge in [-0.15, -0.1) is 0 Å². The number of nitrogens with zero attached hydrogens (tertiary/aromatic N) is 6. The van der Waals surface area contributed by atoms with E-state index in [4.69, 9.17) is 4.98 Å². The van der Waals surface area contributed by atoms with E-state index in [-0.39, 0.29) is 17.4 Å². The number of benzene rings is 1. The van der Waals surface area contributed by atoms with Crippen LogP contribution >= 0.6 is 0 Å². The molecule has 2 aromatic heterocycles. The third-order valence-electron chi connectivity index (χ3n) is 5.03. The summed E-state index contributed by atoms with van der Waals surface area (Å²) < 4.78 is 14.8. The molecular weight excluding hydrogens is 359 g/mol. The van der Waals surface area contributed by atoms with Crippen LogP contribution in [0.15, 0.2) is 53.7 Å². The minimum Gasteiger partial charge on any atom is -0.368 e. The number of piperazine rings is 1. The highest BCUT2D eigenvalue weighted by Crippen LogP contribution is 2.24. The van der Waals surface area contributed by atoms with Gasteiger partial charge in [-0.05, 0) is 37.3 Å². The first-order chi connectivity index (χ1) is 13.5. The van der Waals surface area contributed by atoms with Crippen molar-refractivity contribution in [1.29, 1.82) is 0 Å². The van der Waals surface area contributed by atoms with Gasteiger partial charge in [-0.1, -0.05) is 0 Å². The average Bonchev–Trinajstić information content (AvgIpc) is 2.71. The van der Waals surface area contributed by atoms with Crippen molar-refractivity contribution in [3.8, 4) is 11.4 Å². The summed E-state index contributed by atoms with van der Waals surface area (Å²) in [6, 6.07) is 9.89. The zero-order chi connectivity index (χ0) is 19.7. The third-order valence-corrected chi connectivity index (χ3v) is 5.03. The summed E-state index contributed by atoms with van der Waals surface area (Å²) in [6.45, 7) is 4.30. The molecule has 0 saturated carbocycles. The van der Waals surface area contributed by atoms with Gasteiger partial charge in [0, 0.05) is 50.7 Å². The maximum atomic E-state index is 13.2. The van der Waals surface area contributed by atoms with Gasteiger partial charge in [-0.2, -0.15) is 0 Å². The van der Waals surface area contributed by atoms with E-state index in [1.165, 1.54) is 24.5 Å². The molecule has 1 aromatic carbocycles. The zero-order valence-electron chi connectivity index (χ0n) is 15.8. The molecule has 1 fully saturated rings. The first kappa shape index (κ1) is 18.1. The standard InChI is InChI=1S/C20H21FN6O/c1-14-12-26(16-5-3-15(21)4-6-16)9-10-27(14)20-24-18(11-19(28)25(20)2)17-7-8-22-13-23-17/h3-8,11,13-14H,9-10,12H2,1-2H3/t14-/m1/s1. The van der Waals surface area contributed by atoms with Crippen molar-refractivity contribution in [3.63, 3.8) is 0 Å².